The summed E-state index contributed by atoms with van der Waals surface area (Å²) >= 11 is 0. The van der Waals surface area contributed by atoms with Crippen molar-refractivity contribution in [3.05, 3.63) is 175 Å². The predicted molar refractivity (Wildman–Crippen MR) is 212 cm³/mol. The Balaban J connectivity index is 1.13. The standard InChI is InChI=1S/C48H33N3O/c1-48(2)40-22-12-11-19-36(40)39-28-32(25-27-41(39)48)34-18-9-10-20-37(34)47-50-45(31-16-7-4-8-17-31)49-46(51-47)33-24-26-38-43(29-33)52-42-23-13-21-35(44(38)42)30-14-5-3-6-15-30/h3-29H,1-2H3. The number of furan rings is 1. The molecule has 4 heteroatoms. The molecule has 7 aromatic carbocycles. The van der Waals surface area contributed by atoms with Crippen LogP contribution in [0.3, 0.4) is 0 Å². The molecular formula is C48H33N3O. The summed E-state index contributed by atoms with van der Waals surface area (Å²) in [6.45, 7) is 4.63. The topological polar surface area (TPSA) is 51.8 Å². The van der Waals surface area contributed by atoms with Crippen LogP contribution in [-0.4, -0.2) is 15.0 Å². The highest BCUT2D eigenvalue weighted by molar-refractivity contribution is 6.13. The SMILES string of the molecule is CC1(C)c2ccccc2-c2cc(-c3ccccc3-c3nc(-c4ccccc4)nc(-c4ccc5c(c4)oc4cccc(-c6ccccc6)c45)n3)ccc21. The first-order chi connectivity index (χ1) is 25.5. The number of fused-ring (bicyclic) bond motifs is 6. The second-order valence-electron chi connectivity index (χ2n) is 14.0. The average Bonchev–Trinajstić information content (AvgIpc) is 3.69. The maximum atomic E-state index is 6.49. The number of hydrogen-bond donors (Lipinski definition) is 0. The van der Waals surface area contributed by atoms with Gasteiger partial charge in [0.05, 0.1) is 0 Å². The molecule has 9 aromatic rings. The van der Waals surface area contributed by atoms with Crippen LogP contribution in [0.4, 0.5) is 0 Å². The molecule has 0 N–H and O–H groups in total. The van der Waals surface area contributed by atoms with E-state index in [-0.39, 0.29) is 5.41 Å². The van der Waals surface area contributed by atoms with E-state index in [0.29, 0.717) is 17.5 Å². The van der Waals surface area contributed by atoms with E-state index in [2.05, 4.69) is 135 Å². The second-order valence-corrected chi connectivity index (χ2v) is 14.0. The highest BCUT2D eigenvalue weighted by atomic mass is 16.3. The number of nitrogens with zero attached hydrogens (tertiary/aromatic N) is 3. The molecule has 0 radical (unpaired) electrons. The average molecular weight is 668 g/mol. The minimum atomic E-state index is -0.0538. The molecule has 2 heterocycles. The van der Waals surface area contributed by atoms with Gasteiger partial charge in [-0.1, -0.05) is 153 Å². The Hall–Kier alpha value is -6.65. The molecular weight excluding hydrogens is 635 g/mol. The van der Waals surface area contributed by atoms with E-state index in [9.17, 15) is 0 Å². The lowest BCUT2D eigenvalue weighted by atomic mass is 9.82. The predicted octanol–water partition coefficient (Wildman–Crippen LogP) is 12.4. The Kier molecular flexibility index (Phi) is 6.80. The first-order valence-corrected chi connectivity index (χ1v) is 17.7. The van der Waals surface area contributed by atoms with Gasteiger partial charge in [-0.15, -0.1) is 0 Å². The van der Waals surface area contributed by atoms with Gasteiger partial charge in [-0.3, -0.25) is 0 Å². The van der Waals surface area contributed by atoms with Gasteiger partial charge >= 0.3 is 0 Å². The maximum absolute atomic E-state index is 6.49. The molecule has 0 fully saturated rings. The molecule has 0 bridgehead atoms. The molecule has 0 aliphatic heterocycles. The van der Waals surface area contributed by atoms with Crippen LogP contribution < -0.4 is 0 Å². The van der Waals surface area contributed by atoms with E-state index >= 15 is 0 Å². The van der Waals surface area contributed by atoms with Crippen LogP contribution in [0.25, 0.3) is 89.5 Å². The fourth-order valence-corrected chi connectivity index (χ4v) is 7.98. The van der Waals surface area contributed by atoms with Gasteiger partial charge in [0.2, 0.25) is 0 Å². The molecule has 4 nitrogen and oxygen atoms in total. The van der Waals surface area contributed by atoms with Crippen LogP contribution in [0, 0.1) is 0 Å². The van der Waals surface area contributed by atoms with Crippen LogP contribution in [0.15, 0.2) is 168 Å². The van der Waals surface area contributed by atoms with Gasteiger partial charge in [0.25, 0.3) is 0 Å². The van der Waals surface area contributed by atoms with E-state index < -0.39 is 0 Å². The van der Waals surface area contributed by atoms with E-state index in [1.165, 1.54) is 22.3 Å². The van der Waals surface area contributed by atoms with Crippen molar-refractivity contribution in [2.75, 3.05) is 0 Å². The van der Waals surface area contributed by atoms with Crippen molar-refractivity contribution in [1.29, 1.82) is 0 Å². The summed E-state index contributed by atoms with van der Waals surface area (Å²) in [5, 5.41) is 2.16. The van der Waals surface area contributed by atoms with Gasteiger partial charge in [-0.2, -0.15) is 0 Å². The zero-order chi connectivity index (χ0) is 34.8. The summed E-state index contributed by atoms with van der Waals surface area (Å²) in [6, 6.07) is 57.2. The van der Waals surface area contributed by atoms with Gasteiger partial charge in [-0.05, 0) is 68.8 Å². The minimum Gasteiger partial charge on any atom is -0.456 e. The first kappa shape index (κ1) is 30.2. The largest absolute Gasteiger partial charge is 0.456 e. The van der Waals surface area contributed by atoms with Gasteiger partial charge in [0, 0.05) is 32.9 Å². The third-order valence-corrected chi connectivity index (χ3v) is 10.6. The molecule has 1 aliphatic rings. The van der Waals surface area contributed by atoms with Crippen molar-refractivity contribution in [3.8, 4) is 67.5 Å². The third-order valence-electron chi connectivity index (χ3n) is 10.6. The minimum absolute atomic E-state index is 0.0538. The molecule has 1 aliphatic carbocycles. The highest BCUT2D eigenvalue weighted by Gasteiger charge is 2.35. The molecule has 0 spiro atoms. The van der Waals surface area contributed by atoms with Crippen molar-refractivity contribution in [1.82, 2.24) is 15.0 Å². The first-order valence-electron chi connectivity index (χ1n) is 17.7. The normalized spacial score (nSPS) is 13.0. The third kappa shape index (κ3) is 4.79. The summed E-state index contributed by atoms with van der Waals surface area (Å²) in [6.07, 6.45) is 0. The number of rotatable bonds is 5. The Morgan fingerprint density at radius 1 is 0.385 bits per heavy atom. The lowest BCUT2D eigenvalue weighted by molar-refractivity contribution is 0.660. The lowest BCUT2D eigenvalue weighted by Crippen LogP contribution is -2.14. The van der Waals surface area contributed by atoms with Gasteiger partial charge in [0.1, 0.15) is 11.2 Å². The zero-order valence-corrected chi connectivity index (χ0v) is 28.8. The van der Waals surface area contributed by atoms with Crippen molar-refractivity contribution < 1.29 is 4.42 Å². The van der Waals surface area contributed by atoms with E-state index in [1.54, 1.807) is 0 Å². The Labute approximate surface area is 302 Å². The van der Waals surface area contributed by atoms with Crippen molar-refractivity contribution in [2.45, 2.75) is 19.3 Å². The summed E-state index contributed by atoms with van der Waals surface area (Å²) in [5.41, 5.74) is 14.1. The van der Waals surface area contributed by atoms with Crippen LogP contribution >= 0.6 is 0 Å². The van der Waals surface area contributed by atoms with Crippen molar-refractivity contribution in [3.63, 3.8) is 0 Å². The Morgan fingerprint density at radius 2 is 0.981 bits per heavy atom. The van der Waals surface area contributed by atoms with E-state index in [0.717, 1.165) is 60.9 Å². The molecule has 10 rings (SSSR count). The Morgan fingerprint density at radius 3 is 1.77 bits per heavy atom. The fraction of sp³-hybridized carbons (Fsp3) is 0.0625. The van der Waals surface area contributed by atoms with Gasteiger partial charge in [0.15, 0.2) is 17.5 Å². The lowest BCUT2D eigenvalue weighted by Gasteiger charge is -2.21. The zero-order valence-electron chi connectivity index (χ0n) is 28.8. The maximum Gasteiger partial charge on any atom is 0.164 e. The van der Waals surface area contributed by atoms with Crippen molar-refractivity contribution in [2.24, 2.45) is 0 Å². The molecule has 0 unspecified atom stereocenters. The van der Waals surface area contributed by atoms with E-state index in [1.807, 2.05) is 42.5 Å². The number of benzene rings is 7. The highest BCUT2D eigenvalue weighted by Crippen LogP contribution is 2.50. The van der Waals surface area contributed by atoms with E-state index in [4.69, 9.17) is 19.4 Å². The summed E-state index contributed by atoms with van der Waals surface area (Å²) in [4.78, 5) is 15.3. The number of hydrogen-bond acceptors (Lipinski definition) is 4. The van der Waals surface area contributed by atoms with Crippen LogP contribution in [0.5, 0.6) is 0 Å². The summed E-state index contributed by atoms with van der Waals surface area (Å²) in [7, 11) is 0. The van der Waals surface area contributed by atoms with Crippen LogP contribution in [0.1, 0.15) is 25.0 Å². The summed E-state index contributed by atoms with van der Waals surface area (Å²) in [5.74, 6) is 1.83. The van der Waals surface area contributed by atoms with Gasteiger partial charge < -0.3 is 4.42 Å². The molecule has 0 amide bonds. The molecule has 52 heavy (non-hydrogen) atoms. The smallest absolute Gasteiger partial charge is 0.164 e. The molecule has 246 valence electrons. The molecule has 0 atom stereocenters. The molecule has 0 saturated heterocycles. The quantitative estimate of drug-likeness (QED) is 0.183. The van der Waals surface area contributed by atoms with Gasteiger partial charge in [-0.25, -0.2) is 15.0 Å². The second kappa shape index (κ2) is 11.7. The molecule has 0 saturated carbocycles. The number of aromatic nitrogens is 3. The summed E-state index contributed by atoms with van der Waals surface area (Å²) < 4.78 is 6.49. The monoisotopic (exact) mass is 667 g/mol. The fourth-order valence-electron chi connectivity index (χ4n) is 7.98. The Bertz CT molecular complexity index is 2820. The van der Waals surface area contributed by atoms with Crippen LogP contribution in [0.2, 0.25) is 0 Å². The van der Waals surface area contributed by atoms with Crippen molar-refractivity contribution >= 4 is 21.9 Å². The molecule has 2 aromatic heterocycles. The van der Waals surface area contributed by atoms with Crippen LogP contribution in [-0.2, 0) is 5.41 Å².